The Labute approximate surface area is 133 Å². The van der Waals surface area contributed by atoms with Crippen LogP contribution in [-0.4, -0.2) is 35.1 Å². The molecule has 0 aliphatic carbocycles. The summed E-state index contributed by atoms with van der Waals surface area (Å²) in [7, 11) is 0. The molecule has 122 valence electrons. The molecule has 1 atom stereocenters. The zero-order chi connectivity index (χ0) is 17.2. The normalized spacial score (nSPS) is 11.1. The van der Waals surface area contributed by atoms with Gasteiger partial charge in [-0.3, -0.25) is 4.79 Å². The molecule has 9 heteroatoms. The second-order valence-electron chi connectivity index (χ2n) is 4.87. The zero-order valence-electron chi connectivity index (χ0n) is 13.1. The number of benzene rings is 1. The van der Waals surface area contributed by atoms with Crippen LogP contribution in [0.3, 0.4) is 0 Å². The number of likely N-dealkylation sites (N-methyl/N-ethyl adjacent to an activating group) is 1. The molecule has 0 aliphatic heterocycles. The molecule has 0 heterocycles. The van der Waals surface area contributed by atoms with E-state index in [0.717, 1.165) is 0 Å². The molecule has 1 amide bonds. The molecule has 0 bridgehead atoms. The first kappa shape index (κ1) is 18.3. The minimum atomic E-state index is -0.595. The third kappa shape index (κ3) is 5.52. The van der Waals surface area contributed by atoms with Crippen LogP contribution in [0.4, 0.5) is 5.69 Å². The Kier molecular flexibility index (Phi) is 7.42. The number of nitrogens with zero attached hydrogens (tertiary/aromatic N) is 7. The Morgan fingerprint density at radius 2 is 2.04 bits per heavy atom. The van der Waals surface area contributed by atoms with Gasteiger partial charge in [-0.1, -0.05) is 17.2 Å². The number of aliphatic hydroxyl groups is 1. The van der Waals surface area contributed by atoms with Gasteiger partial charge >= 0.3 is 0 Å². The van der Waals surface area contributed by atoms with Crippen LogP contribution in [-0.2, 0) is 6.54 Å². The highest BCUT2D eigenvalue weighted by Gasteiger charge is 2.18. The average Bonchev–Trinajstić information content (AvgIpc) is 2.57. The predicted molar refractivity (Wildman–Crippen MR) is 86.0 cm³/mol. The molecule has 23 heavy (non-hydrogen) atoms. The van der Waals surface area contributed by atoms with Crippen LogP contribution >= 0.6 is 0 Å². The van der Waals surface area contributed by atoms with Crippen LogP contribution in [0.1, 0.15) is 36.2 Å². The summed E-state index contributed by atoms with van der Waals surface area (Å²) in [6.45, 7) is 4.37. The minimum absolute atomic E-state index is 0.0509. The molecule has 0 fully saturated rings. The summed E-state index contributed by atoms with van der Waals surface area (Å²) in [5, 5.41) is 16.7. The van der Waals surface area contributed by atoms with Gasteiger partial charge in [0.15, 0.2) is 0 Å². The Morgan fingerprint density at radius 1 is 1.30 bits per heavy atom. The lowest BCUT2D eigenvalue weighted by Crippen LogP contribution is -2.37. The van der Waals surface area contributed by atoms with Crippen molar-refractivity contribution in [3.8, 4) is 0 Å². The third-order valence-electron chi connectivity index (χ3n) is 3.27. The fourth-order valence-electron chi connectivity index (χ4n) is 2.03. The van der Waals surface area contributed by atoms with Crippen molar-refractivity contribution in [1.82, 2.24) is 4.90 Å². The number of rotatable bonds is 8. The van der Waals surface area contributed by atoms with E-state index in [2.05, 4.69) is 20.1 Å². The lowest BCUT2D eigenvalue weighted by molar-refractivity contribution is 0.0630. The van der Waals surface area contributed by atoms with Gasteiger partial charge in [0.05, 0.1) is 12.6 Å². The second kappa shape index (κ2) is 9.32. The Balaban J connectivity index is 3.16. The molecule has 1 rings (SSSR count). The number of hydrogen-bond donors (Lipinski definition) is 1. The SMILES string of the molecule is CC[C@H](O)CN(CC)C(=O)c1cc(CN=[N+]=[N-])cc(N=[N+]=[N-])c1. The van der Waals surface area contributed by atoms with E-state index < -0.39 is 6.10 Å². The lowest BCUT2D eigenvalue weighted by Gasteiger charge is -2.23. The summed E-state index contributed by atoms with van der Waals surface area (Å²) < 4.78 is 0. The first-order valence-corrected chi connectivity index (χ1v) is 7.22. The Hall–Kier alpha value is -2.73. The number of amides is 1. The summed E-state index contributed by atoms with van der Waals surface area (Å²) in [5.74, 6) is -0.280. The Morgan fingerprint density at radius 3 is 2.61 bits per heavy atom. The molecule has 0 spiro atoms. The van der Waals surface area contributed by atoms with Crippen molar-refractivity contribution in [3.63, 3.8) is 0 Å². The molecule has 0 aromatic heterocycles. The van der Waals surface area contributed by atoms with Gasteiger partial charge in [-0.25, -0.2) is 0 Å². The molecular weight excluding hydrogens is 298 g/mol. The van der Waals surface area contributed by atoms with Gasteiger partial charge in [0, 0.05) is 34.2 Å². The number of aliphatic hydroxyl groups excluding tert-OH is 1. The van der Waals surface area contributed by atoms with E-state index in [-0.39, 0.29) is 24.7 Å². The fraction of sp³-hybridized carbons (Fsp3) is 0.500. The molecule has 1 N–H and O–H groups in total. The fourth-order valence-corrected chi connectivity index (χ4v) is 2.03. The van der Waals surface area contributed by atoms with Gasteiger partial charge in [0.2, 0.25) is 0 Å². The van der Waals surface area contributed by atoms with Gasteiger partial charge in [-0.2, -0.15) is 0 Å². The Bertz CT molecular complexity index is 649. The quantitative estimate of drug-likeness (QED) is 0.444. The van der Waals surface area contributed by atoms with Crippen molar-refractivity contribution in [1.29, 1.82) is 0 Å². The van der Waals surface area contributed by atoms with Gasteiger partial charge in [-0.05, 0) is 48.2 Å². The topological polar surface area (TPSA) is 138 Å². The molecule has 0 radical (unpaired) electrons. The molecular formula is C14H19N7O2. The zero-order valence-corrected chi connectivity index (χ0v) is 13.1. The molecule has 1 aromatic rings. The highest BCUT2D eigenvalue weighted by Crippen LogP contribution is 2.20. The van der Waals surface area contributed by atoms with Crippen LogP contribution in [0.15, 0.2) is 28.4 Å². The van der Waals surface area contributed by atoms with E-state index in [9.17, 15) is 9.90 Å². The first-order chi connectivity index (χ1) is 11.0. The smallest absolute Gasteiger partial charge is 0.253 e. The van der Waals surface area contributed by atoms with Gasteiger partial charge in [-0.15, -0.1) is 0 Å². The van der Waals surface area contributed by atoms with Crippen molar-refractivity contribution < 1.29 is 9.90 Å². The van der Waals surface area contributed by atoms with E-state index in [4.69, 9.17) is 11.1 Å². The summed E-state index contributed by atoms with van der Waals surface area (Å²) in [4.78, 5) is 19.5. The number of azide groups is 2. The van der Waals surface area contributed by atoms with Crippen molar-refractivity contribution in [2.75, 3.05) is 13.1 Å². The lowest BCUT2D eigenvalue weighted by atomic mass is 10.1. The summed E-state index contributed by atoms with van der Waals surface area (Å²) in [5.41, 5.74) is 18.1. The standard InChI is InChI=1S/C14H19N7O2/c1-3-13(22)9-21(4-2)14(23)11-5-10(8-17-19-15)6-12(7-11)18-20-16/h5-7,13,22H,3-4,8-9H2,1-2H3/t13-/m0/s1. The van der Waals surface area contributed by atoms with Gasteiger partial charge in [0.25, 0.3) is 5.91 Å². The molecule has 0 unspecified atom stereocenters. The van der Waals surface area contributed by atoms with E-state index in [1.807, 2.05) is 13.8 Å². The van der Waals surface area contributed by atoms with Crippen molar-refractivity contribution in [2.45, 2.75) is 32.9 Å². The van der Waals surface area contributed by atoms with Crippen LogP contribution in [0.2, 0.25) is 0 Å². The first-order valence-electron chi connectivity index (χ1n) is 7.22. The van der Waals surface area contributed by atoms with Crippen LogP contribution in [0.25, 0.3) is 20.9 Å². The van der Waals surface area contributed by atoms with Gasteiger partial charge < -0.3 is 10.0 Å². The van der Waals surface area contributed by atoms with E-state index in [1.54, 1.807) is 12.1 Å². The summed E-state index contributed by atoms with van der Waals surface area (Å²) >= 11 is 0. The highest BCUT2D eigenvalue weighted by molar-refractivity contribution is 5.95. The van der Waals surface area contributed by atoms with Gasteiger partial charge in [0.1, 0.15) is 0 Å². The van der Waals surface area contributed by atoms with E-state index in [0.29, 0.717) is 24.1 Å². The minimum Gasteiger partial charge on any atom is -0.391 e. The number of carbonyl (C=O) groups is 1. The maximum Gasteiger partial charge on any atom is 0.253 e. The van der Waals surface area contributed by atoms with Crippen molar-refractivity contribution >= 4 is 11.6 Å². The molecule has 0 saturated carbocycles. The van der Waals surface area contributed by atoms with Crippen LogP contribution < -0.4 is 0 Å². The monoisotopic (exact) mass is 317 g/mol. The predicted octanol–water partition coefficient (Wildman–Crippen LogP) is 3.67. The molecule has 9 nitrogen and oxygen atoms in total. The molecule has 1 aromatic carbocycles. The molecule has 0 aliphatic rings. The maximum absolute atomic E-state index is 12.6. The average molecular weight is 317 g/mol. The van der Waals surface area contributed by atoms with E-state index >= 15 is 0 Å². The van der Waals surface area contributed by atoms with Crippen LogP contribution in [0, 0.1) is 0 Å². The summed E-state index contributed by atoms with van der Waals surface area (Å²) in [6, 6.07) is 4.62. The van der Waals surface area contributed by atoms with Crippen LogP contribution in [0.5, 0.6) is 0 Å². The second-order valence-corrected chi connectivity index (χ2v) is 4.87. The third-order valence-corrected chi connectivity index (χ3v) is 3.27. The summed E-state index contributed by atoms with van der Waals surface area (Å²) in [6.07, 6.45) is -0.0492. The number of carbonyl (C=O) groups excluding carboxylic acids is 1. The molecule has 0 saturated heterocycles. The van der Waals surface area contributed by atoms with E-state index in [1.165, 1.54) is 11.0 Å². The van der Waals surface area contributed by atoms with Crippen molar-refractivity contribution in [2.24, 2.45) is 10.2 Å². The maximum atomic E-state index is 12.6. The number of hydrogen-bond acceptors (Lipinski definition) is 4. The largest absolute Gasteiger partial charge is 0.391 e. The highest BCUT2D eigenvalue weighted by atomic mass is 16.3. The van der Waals surface area contributed by atoms with Crippen molar-refractivity contribution in [3.05, 3.63) is 50.2 Å².